The average molecular weight is 551 g/mol. The molecule has 184 valence electrons. The zero-order valence-electron chi connectivity index (χ0n) is 19.4. The Bertz CT molecular complexity index is 1340. The van der Waals surface area contributed by atoms with E-state index in [1.54, 1.807) is 36.4 Å². The van der Waals surface area contributed by atoms with Gasteiger partial charge in [0.2, 0.25) is 0 Å². The molecule has 1 aliphatic heterocycles. The van der Waals surface area contributed by atoms with Crippen LogP contribution in [0.15, 0.2) is 76.9 Å². The number of benzene rings is 3. The second-order valence-electron chi connectivity index (χ2n) is 7.92. The van der Waals surface area contributed by atoms with Crippen LogP contribution in [0.3, 0.4) is 0 Å². The van der Waals surface area contributed by atoms with E-state index in [9.17, 15) is 19.5 Å². The Morgan fingerprint density at radius 2 is 1.78 bits per heavy atom. The average Bonchev–Trinajstić information content (AvgIpc) is 3.12. The molecule has 9 heteroatoms. The SMILES string of the molecule is CCOc1cc(/C=C2/NC(=O)N(Cc3ccccc3)C2=O)cc(Br)c1OCc1cccc(C(=O)O)c1. The Balaban J connectivity index is 1.55. The first kappa shape index (κ1) is 25.0. The molecule has 1 saturated heterocycles. The van der Waals surface area contributed by atoms with Crippen molar-refractivity contribution in [1.82, 2.24) is 10.2 Å². The van der Waals surface area contributed by atoms with E-state index in [4.69, 9.17) is 9.47 Å². The van der Waals surface area contributed by atoms with E-state index in [0.717, 1.165) is 10.5 Å². The summed E-state index contributed by atoms with van der Waals surface area (Å²) in [5.74, 6) is -0.559. The molecule has 0 aromatic heterocycles. The smallest absolute Gasteiger partial charge is 0.335 e. The predicted molar refractivity (Wildman–Crippen MR) is 137 cm³/mol. The lowest BCUT2D eigenvalue weighted by Gasteiger charge is -2.15. The molecule has 3 amide bonds. The van der Waals surface area contributed by atoms with Crippen LogP contribution in [-0.2, 0) is 17.9 Å². The Labute approximate surface area is 216 Å². The second-order valence-corrected chi connectivity index (χ2v) is 8.78. The minimum Gasteiger partial charge on any atom is -0.490 e. The van der Waals surface area contributed by atoms with Crippen molar-refractivity contribution in [3.63, 3.8) is 0 Å². The van der Waals surface area contributed by atoms with Gasteiger partial charge in [-0.15, -0.1) is 0 Å². The summed E-state index contributed by atoms with van der Waals surface area (Å²) in [6, 6.07) is 18.7. The van der Waals surface area contributed by atoms with Crippen LogP contribution in [0.1, 0.15) is 34.0 Å². The standard InChI is InChI=1S/C27H23BrN2O6/c1-2-35-23-14-19(12-21(28)24(23)36-16-18-9-6-10-20(11-18)26(32)33)13-22-25(31)30(27(34)29-22)15-17-7-4-3-5-8-17/h3-14H,2,15-16H2,1H3,(H,29,34)(H,32,33)/b22-13+. The number of rotatable bonds is 9. The van der Waals surface area contributed by atoms with Crippen molar-refractivity contribution in [2.45, 2.75) is 20.1 Å². The molecule has 1 fully saturated rings. The molecule has 0 bridgehead atoms. The van der Waals surface area contributed by atoms with Crippen molar-refractivity contribution in [1.29, 1.82) is 0 Å². The third kappa shape index (κ3) is 5.75. The Hall–Kier alpha value is -4.11. The number of ether oxygens (including phenoxy) is 2. The highest BCUT2D eigenvalue weighted by Crippen LogP contribution is 2.38. The van der Waals surface area contributed by atoms with Gasteiger partial charge >= 0.3 is 12.0 Å². The van der Waals surface area contributed by atoms with Gasteiger partial charge in [0.15, 0.2) is 11.5 Å². The van der Waals surface area contributed by atoms with E-state index >= 15 is 0 Å². The quantitative estimate of drug-likeness (QED) is 0.279. The molecule has 0 spiro atoms. The van der Waals surface area contributed by atoms with Crippen molar-refractivity contribution < 1.29 is 29.0 Å². The first-order valence-corrected chi connectivity index (χ1v) is 11.9. The maximum Gasteiger partial charge on any atom is 0.335 e. The number of amides is 3. The molecule has 0 atom stereocenters. The third-order valence-electron chi connectivity index (χ3n) is 5.35. The number of hydrogen-bond acceptors (Lipinski definition) is 5. The molecule has 0 radical (unpaired) electrons. The van der Waals surface area contributed by atoms with Gasteiger partial charge in [-0.25, -0.2) is 9.59 Å². The van der Waals surface area contributed by atoms with Crippen LogP contribution in [0.5, 0.6) is 11.5 Å². The minimum absolute atomic E-state index is 0.128. The van der Waals surface area contributed by atoms with Gasteiger partial charge in [-0.3, -0.25) is 9.69 Å². The lowest BCUT2D eigenvalue weighted by molar-refractivity contribution is -0.123. The van der Waals surface area contributed by atoms with E-state index in [2.05, 4.69) is 21.2 Å². The molecule has 3 aromatic carbocycles. The summed E-state index contributed by atoms with van der Waals surface area (Å²) < 4.78 is 12.3. The molecular weight excluding hydrogens is 528 g/mol. The van der Waals surface area contributed by atoms with Crippen LogP contribution in [0, 0.1) is 0 Å². The predicted octanol–water partition coefficient (Wildman–Crippen LogP) is 5.22. The van der Waals surface area contributed by atoms with Crippen LogP contribution in [0.2, 0.25) is 0 Å². The van der Waals surface area contributed by atoms with E-state index < -0.39 is 17.9 Å². The van der Waals surface area contributed by atoms with Crippen molar-refractivity contribution in [2.24, 2.45) is 0 Å². The van der Waals surface area contributed by atoms with E-state index in [-0.39, 0.29) is 24.4 Å². The number of imide groups is 1. The fourth-order valence-electron chi connectivity index (χ4n) is 3.67. The lowest BCUT2D eigenvalue weighted by Crippen LogP contribution is -2.30. The fourth-order valence-corrected chi connectivity index (χ4v) is 4.25. The summed E-state index contributed by atoms with van der Waals surface area (Å²) >= 11 is 3.50. The van der Waals surface area contributed by atoms with Crippen molar-refractivity contribution >= 4 is 39.9 Å². The van der Waals surface area contributed by atoms with Crippen LogP contribution < -0.4 is 14.8 Å². The Kier molecular flexibility index (Phi) is 7.70. The highest BCUT2D eigenvalue weighted by Gasteiger charge is 2.33. The molecule has 3 aromatic rings. The van der Waals surface area contributed by atoms with Crippen molar-refractivity contribution in [2.75, 3.05) is 6.61 Å². The maximum atomic E-state index is 12.9. The summed E-state index contributed by atoms with van der Waals surface area (Å²) in [5.41, 5.74) is 2.49. The molecule has 0 saturated carbocycles. The normalized spacial score (nSPS) is 14.2. The van der Waals surface area contributed by atoms with E-state index in [1.165, 1.54) is 6.07 Å². The number of aromatic carboxylic acids is 1. The zero-order chi connectivity index (χ0) is 25.7. The summed E-state index contributed by atoms with van der Waals surface area (Å²) in [6.07, 6.45) is 1.58. The summed E-state index contributed by atoms with van der Waals surface area (Å²) in [7, 11) is 0. The first-order valence-electron chi connectivity index (χ1n) is 11.2. The molecule has 4 rings (SSSR count). The first-order chi connectivity index (χ1) is 17.4. The van der Waals surface area contributed by atoms with Crippen LogP contribution in [0.4, 0.5) is 4.79 Å². The summed E-state index contributed by atoms with van der Waals surface area (Å²) in [6.45, 7) is 2.51. The highest BCUT2D eigenvalue weighted by atomic mass is 79.9. The largest absolute Gasteiger partial charge is 0.490 e. The van der Waals surface area contributed by atoms with Gasteiger partial charge < -0.3 is 19.9 Å². The van der Waals surface area contributed by atoms with Crippen LogP contribution in [0.25, 0.3) is 6.08 Å². The van der Waals surface area contributed by atoms with Gasteiger partial charge in [-0.1, -0.05) is 42.5 Å². The van der Waals surface area contributed by atoms with E-state index in [0.29, 0.717) is 33.7 Å². The Morgan fingerprint density at radius 1 is 1.03 bits per heavy atom. The molecule has 36 heavy (non-hydrogen) atoms. The number of carbonyl (C=O) groups excluding carboxylic acids is 2. The number of carboxylic acids is 1. The molecule has 2 N–H and O–H groups in total. The van der Waals surface area contributed by atoms with Gasteiger partial charge in [0.25, 0.3) is 5.91 Å². The van der Waals surface area contributed by atoms with Gasteiger partial charge in [0.05, 0.1) is 23.2 Å². The lowest BCUT2D eigenvalue weighted by atomic mass is 10.1. The van der Waals surface area contributed by atoms with Gasteiger partial charge in [-0.05, 0) is 69.9 Å². The zero-order valence-corrected chi connectivity index (χ0v) is 20.9. The highest BCUT2D eigenvalue weighted by molar-refractivity contribution is 9.10. The van der Waals surface area contributed by atoms with E-state index in [1.807, 2.05) is 37.3 Å². The molecule has 0 aliphatic carbocycles. The summed E-state index contributed by atoms with van der Waals surface area (Å²) in [4.78, 5) is 37.7. The topological polar surface area (TPSA) is 105 Å². The molecule has 0 unspecified atom stereocenters. The third-order valence-corrected chi connectivity index (χ3v) is 5.93. The number of carboxylic acid groups (broad SMARTS) is 1. The number of nitrogens with zero attached hydrogens (tertiary/aromatic N) is 1. The molecular formula is C27H23BrN2O6. The van der Waals surface area contributed by atoms with Crippen LogP contribution in [-0.4, -0.2) is 34.5 Å². The number of halogens is 1. The second kappa shape index (κ2) is 11.1. The van der Waals surface area contributed by atoms with Crippen molar-refractivity contribution in [3.8, 4) is 11.5 Å². The minimum atomic E-state index is -1.01. The maximum absolute atomic E-state index is 12.9. The molecule has 8 nitrogen and oxygen atoms in total. The molecule has 1 aliphatic rings. The number of carbonyl (C=O) groups is 3. The monoisotopic (exact) mass is 550 g/mol. The van der Waals surface area contributed by atoms with Crippen LogP contribution >= 0.6 is 15.9 Å². The number of urea groups is 1. The van der Waals surface area contributed by atoms with Gasteiger partial charge in [0.1, 0.15) is 12.3 Å². The fraction of sp³-hybridized carbons (Fsp3) is 0.148. The van der Waals surface area contributed by atoms with Gasteiger partial charge in [0, 0.05) is 0 Å². The molecule has 1 heterocycles. The Morgan fingerprint density at radius 3 is 2.50 bits per heavy atom. The van der Waals surface area contributed by atoms with Crippen molar-refractivity contribution in [3.05, 3.63) is 99.2 Å². The number of nitrogens with one attached hydrogen (secondary N) is 1. The van der Waals surface area contributed by atoms with Gasteiger partial charge in [-0.2, -0.15) is 0 Å². The summed E-state index contributed by atoms with van der Waals surface area (Å²) in [5, 5.41) is 11.8. The number of hydrogen-bond donors (Lipinski definition) is 2.